The van der Waals surface area contributed by atoms with E-state index in [0.717, 1.165) is 6.42 Å². The molecule has 0 spiro atoms. The first-order chi connectivity index (χ1) is 4.88. The Bertz CT molecular complexity index is 199. The molecular weight excluding hydrogens is 124 g/mol. The Morgan fingerprint density at radius 1 is 1.60 bits per heavy atom. The fourth-order valence-electron chi connectivity index (χ4n) is 0.925. The van der Waals surface area contributed by atoms with Gasteiger partial charge in [0, 0.05) is 6.54 Å². The summed E-state index contributed by atoms with van der Waals surface area (Å²) < 4.78 is 0. The van der Waals surface area contributed by atoms with E-state index in [4.69, 9.17) is 11.5 Å². The first-order valence-electron chi connectivity index (χ1n) is 3.35. The van der Waals surface area contributed by atoms with Gasteiger partial charge in [0.25, 0.3) is 0 Å². The van der Waals surface area contributed by atoms with E-state index in [2.05, 4.69) is 6.08 Å². The van der Waals surface area contributed by atoms with Crippen molar-refractivity contribution in [1.82, 2.24) is 0 Å². The monoisotopic (exact) mass is 136 g/mol. The summed E-state index contributed by atoms with van der Waals surface area (Å²) in [7, 11) is 0. The lowest BCUT2D eigenvalue weighted by atomic mass is 9.91. The highest BCUT2D eigenvalue weighted by molar-refractivity contribution is 5.44. The molecule has 0 aromatic rings. The zero-order valence-electron chi connectivity index (χ0n) is 5.88. The molecule has 0 amide bonds. The third-order valence-corrected chi connectivity index (χ3v) is 1.61. The summed E-state index contributed by atoms with van der Waals surface area (Å²) in [6.07, 6.45) is 8.53. The maximum Gasteiger partial charge on any atom is 0.0177 e. The fourth-order valence-corrected chi connectivity index (χ4v) is 0.925. The van der Waals surface area contributed by atoms with E-state index in [0.29, 0.717) is 6.54 Å². The molecule has 4 N–H and O–H groups in total. The second kappa shape index (κ2) is 3.22. The van der Waals surface area contributed by atoms with Crippen LogP contribution in [0.4, 0.5) is 0 Å². The summed E-state index contributed by atoms with van der Waals surface area (Å²) in [4.78, 5) is 0. The third kappa shape index (κ3) is 1.28. The predicted molar refractivity (Wildman–Crippen MR) is 43.2 cm³/mol. The molecule has 1 aliphatic rings. The Morgan fingerprint density at radius 2 is 2.40 bits per heavy atom. The minimum atomic E-state index is 0.643. The van der Waals surface area contributed by atoms with Crippen molar-refractivity contribution in [2.75, 3.05) is 6.54 Å². The minimum Gasteiger partial charge on any atom is -0.405 e. The number of nitrogens with two attached hydrogens (primary N) is 2. The maximum absolute atomic E-state index is 5.43. The number of allylic oxidation sites excluding steroid dienone is 3. The Labute approximate surface area is 60.9 Å². The van der Waals surface area contributed by atoms with E-state index in [9.17, 15) is 0 Å². The van der Waals surface area contributed by atoms with E-state index in [1.54, 1.807) is 0 Å². The van der Waals surface area contributed by atoms with Gasteiger partial charge in [0.1, 0.15) is 0 Å². The standard InChI is InChI=1S/C8H12N2/c9-5-1-2-7-3-4-8(7)6-10/h1-2,4-5H,3,6,9-10H2/b5-1-,7-2+. The molecule has 2 heteroatoms. The Morgan fingerprint density at radius 3 is 2.80 bits per heavy atom. The molecule has 1 aliphatic carbocycles. The lowest BCUT2D eigenvalue weighted by Gasteiger charge is -2.16. The molecule has 10 heavy (non-hydrogen) atoms. The Balaban J connectivity index is 2.54. The van der Waals surface area contributed by atoms with Gasteiger partial charge in [-0.2, -0.15) is 0 Å². The van der Waals surface area contributed by atoms with Gasteiger partial charge in [-0.25, -0.2) is 0 Å². The molecule has 0 aromatic heterocycles. The zero-order valence-corrected chi connectivity index (χ0v) is 5.88. The van der Waals surface area contributed by atoms with E-state index in [1.807, 2.05) is 12.2 Å². The first kappa shape index (κ1) is 7.09. The van der Waals surface area contributed by atoms with Crippen molar-refractivity contribution in [3.05, 3.63) is 35.6 Å². The molecule has 0 unspecified atom stereocenters. The van der Waals surface area contributed by atoms with Gasteiger partial charge >= 0.3 is 0 Å². The van der Waals surface area contributed by atoms with Gasteiger partial charge < -0.3 is 11.5 Å². The van der Waals surface area contributed by atoms with Gasteiger partial charge in [0.05, 0.1) is 0 Å². The molecule has 2 nitrogen and oxygen atoms in total. The van der Waals surface area contributed by atoms with Gasteiger partial charge in [0.15, 0.2) is 0 Å². The number of hydrogen-bond acceptors (Lipinski definition) is 2. The molecule has 0 bridgehead atoms. The molecule has 0 aromatic carbocycles. The summed E-state index contributed by atoms with van der Waals surface area (Å²) in [6.45, 7) is 0.643. The van der Waals surface area contributed by atoms with E-state index in [1.165, 1.54) is 17.3 Å². The molecular formula is C8H12N2. The van der Waals surface area contributed by atoms with Crippen LogP contribution in [-0.4, -0.2) is 6.54 Å². The minimum absolute atomic E-state index is 0.643. The van der Waals surface area contributed by atoms with E-state index in [-0.39, 0.29) is 0 Å². The first-order valence-corrected chi connectivity index (χ1v) is 3.35. The van der Waals surface area contributed by atoms with Crippen LogP contribution in [0.5, 0.6) is 0 Å². The largest absolute Gasteiger partial charge is 0.405 e. The van der Waals surface area contributed by atoms with E-state index < -0.39 is 0 Å². The molecule has 0 aliphatic heterocycles. The highest BCUT2D eigenvalue weighted by Gasteiger charge is 2.08. The van der Waals surface area contributed by atoms with Crippen molar-refractivity contribution in [3.63, 3.8) is 0 Å². The second-order valence-corrected chi connectivity index (χ2v) is 2.21. The quantitative estimate of drug-likeness (QED) is 0.586. The molecule has 54 valence electrons. The van der Waals surface area contributed by atoms with Crippen molar-refractivity contribution >= 4 is 0 Å². The van der Waals surface area contributed by atoms with Crippen molar-refractivity contribution < 1.29 is 0 Å². The third-order valence-electron chi connectivity index (χ3n) is 1.61. The average Bonchev–Trinajstić information content (AvgIpc) is 1.88. The lowest BCUT2D eigenvalue weighted by molar-refractivity contribution is 1.01. The van der Waals surface area contributed by atoms with Crippen LogP contribution in [0.2, 0.25) is 0 Å². The maximum atomic E-state index is 5.43. The van der Waals surface area contributed by atoms with Crippen molar-refractivity contribution in [3.8, 4) is 0 Å². The summed E-state index contributed by atoms with van der Waals surface area (Å²) in [5.74, 6) is 0. The summed E-state index contributed by atoms with van der Waals surface area (Å²) in [5, 5.41) is 0. The highest BCUT2D eigenvalue weighted by atomic mass is 14.5. The predicted octanol–water partition coefficient (Wildman–Crippen LogP) is 0.674. The molecule has 0 atom stereocenters. The van der Waals surface area contributed by atoms with Gasteiger partial charge in [0.2, 0.25) is 0 Å². The second-order valence-electron chi connectivity index (χ2n) is 2.21. The van der Waals surface area contributed by atoms with Crippen LogP contribution in [-0.2, 0) is 0 Å². The van der Waals surface area contributed by atoms with Crippen LogP contribution in [0.1, 0.15) is 6.42 Å². The van der Waals surface area contributed by atoms with Gasteiger partial charge in [-0.3, -0.25) is 0 Å². The smallest absolute Gasteiger partial charge is 0.0177 e. The number of rotatable bonds is 2. The molecule has 0 radical (unpaired) electrons. The van der Waals surface area contributed by atoms with Crippen LogP contribution in [0.3, 0.4) is 0 Å². The Kier molecular flexibility index (Phi) is 2.29. The topological polar surface area (TPSA) is 52.0 Å². The van der Waals surface area contributed by atoms with Crippen molar-refractivity contribution in [2.24, 2.45) is 11.5 Å². The van der Waals surface area contributed by atoms with Crippen LogP contribution in [0.15, 0.2) is 35.6 Å². The summed E-state index contributed by atoms with van der Waals surface area (Å²) in [6, 6.07) is 0. The van der Waals surface area contributed by atoms with Crippen LogP contribution < -0.4 is 11.5 Å². The normalized spacial score (nSPS) is 21.3. The van der Waals surface area contributed by atoms with Gasteiger partial charge in [-0.1, -0.05) is 12.2 Å². The average molecular weight is 136 g/mol. The van der Waals surface area contributed by atoms with Crippen LogP contribution >= 0.6 is 0 Å². The molecule has 0 saturated carbocycles. The molecule has 0 fully saturated rings. The lowest BCUT2D eigenvalue weighted by Crippen LogP contribution is -2.11. The van der Waals surface area contributed by atoms with Crippen molar-refractivity contribution in [2.45, 2.75) is 6.42 Å². The molecule has 1 rings (SSSR count). The zero-order chi connectivity index (χ0) is 7.40. The van der Waals surface area contributed by atoms with Gasteiger partial charge in [-0.05, 0) is 29.8 Å². The fraction of sp³-hybridized carbons (Fsp3) is 0.250. The summed E-state index contributed by atoms with van der Waals surface area (Å²) in [5.41, 5.74) is 13.2. The van der Waals surface area contributed by atoms with E-state index >= 15 is 0 Å². The number of hydrogen-bond donors (Lipinski definition) is 2. The molecule has 0 saturated heterocycles. The highest BCUT2D eigenvalue weighted by Crippen LogP contribution is 2.24. The summed E-state index contributed by atoms with van der Waals surface area (Å²) >= 11 is 0. The SMILES string of the molecule is N/C=C\C=C1/CC=C1CN. The van der Waals surface area contributed by atoms with Crippen LogP contribution in [0.25, 0.3) is 0 Å². The van der Waals surface area contributed by atoms with Gasteiger partial charge in [-0.15, -0.1) is 0 Å². The molecule has 0 heterocycles. The van der Waals surface area contributed by atoms with Crippen LogP contribution in [0, 0.1) is 0 Å². The van der Waals surface area contributed by atoms with Crippen molar-refractivity contribution in [1.29, 1.82) is 0 Å². The Hall–Kier alpha value is -1.02.